The van der Waals surface area contributed by atoms with Gasteiger partial charge in [-0.15, -0.1) is 0 Å². The molecule has 0 aliphatic rings. The van der Waals surface area contributed by atoms with E-state index in [1.54, 1.807) is 0 Å². The molecule has 16 heavy (non-hydrogen) atoms. The second-order valence-corrected chi connectivity index (χ2v) is 3.88. The van der Waals surface area contributed by atoms with Crippen molar-refractivity contribution in [2.75, 3.05) is 7.05 Å². The Morgan fingerprint density at radius 1 is 1.25 bits per heavy atom. The number of hydrogen-bond donors (Lipinski definition) is 0. The fourth-order valence-electron chi connectivity index (χ4n) is 1.40. The normalized spacial score (nSPS) is 12.0. The summed E-state index contributed by atoms with van der Waals surface area (Å²) in [7, 11) is 1.93. The van der Waals surface area contributed by atoms with E-state index in [-0.39, 0.29) is 38.8 Å². The van der Waals surface area contributed by atoms with Gasteiger partial charge in [0.15, 0.2) is 0 Å². The first kappa shape index (κ1) is 16.0. The summed E-state index contributed by atoms with van der Waals surface area (Å²) in [5, 5.41) is 0. The number of carbonyl (C=O) groups excluding carboxylic acids is 1. The summed E-state index contributed by atoms with van der Waals surface area (Å²) in [4.78, 5) is 12.5. The second-order valence-electron chi connectivity index (χ2n) is 3.88. The standard InChI is InChI=1S/C13H18NO.Y/c1-4-12-5-7-13(8-6-12)9-14(3)11(2)10-15;/h5-8,11H,4,9H2,1-3H3;/q-1;. The van der Waals surface area contributed by atoms with Crippen LogP contribution in [-0.4, -0.2) is 24.3 Å². The van der Waals surface area contributed by atoms with Crippen LogP contribution in [0.2, 0.25) is 0 Å². The van der Waals surface area contributed by atoms with E-state index in [4.69, 9.17) is 0 Å². The Morgan fingerprint density at radius 2 is 1.75 bits per heavy atom. The fourth-order valence-corrected chi connectivity index (χ4v) is 1.40. The van der Waals surface area contributed by atoms with Crippen LogP contribution in [0.15, 0.2) is 24.3 Å². The van der Waals surface area contributed by atoms with Crippen LogP contribution >= 0.6 is 0 Å². The molecule has 1 unspecified atom stereocenters. The largest absolute Gasteiger partial charge is 0.540 e. The van der Waals surface area contributed by atoms with E-state index in [1.165, 1.54) is 11.1 Å². The summed E-state index contributed by atoms with van der Waals surface area (Å²) in [5.41, 5.74) is 2.58. The minimum atomic E-state index is -0.143. The number of benzene rings is 1. The molecule has 0 aromatic heterocycles. The minimum absolute atomic E-state index is 0. The maximum atomic E-state index is 10.5. The Morgan fingerprint density at radius 3 is 2.19 bits per heavy atom. The van der Waals surface area contributed by atoms with E-state index in [9.17, 15) is 4.79 Å². The first-order valence-electron chi connectivity index (χ1n) is 5.33. The maximum Gasteiger partial charge on any atom is 0.0207 e. The Hall–Kier alpha value is -0.0461. The van der Waals surface area contributed by atoms with Gasteiger partial charge in [0.1, 0.15) is 0 Å². The molecule has 0 heterocycles. The summed E-state index contributed by atoms with van der Waals surface area (Å²) in [5.74, 6) is 0. The molecule has 1 atom stereocenters. The number of likely N-dealkylation sites (N-methyl/N-ethyl adjacent to an activating group) is 1. The van der Waals surface area contributed by atoms with Crippen LogP contribution < -0.4 is 0 Å². The molecule has 1 radical (unpaired) electrons. The van der Waals surface area contributed by atoms with Crippen molar-refractivity contribution in [2.24, 2.45) is 0 Å². The van der Waals surface area contributed by atoms with E-state index in [1.807, 2.05) is 25.2 Å². The average Bonchev–Trinajstić information content (AvgIpc) is 2.29. The number of rotatable bonds is 5. The zero-order chi connectivity index (χ0) is 11.3. The van der Waals surface area contributed by atoms with E-state index in [0.717, 1.165) is 13.0 Å². The molecule has 0 saturated carbocycles. The molecule has 3 heteroatoms. The predicted octanol–water partition coefficient (Wildman–Crippen LogP) is 2.18. The molecule has 1 rings (SSSR count). The monoisotopic (exact) mass is 293 g/mol. The van der Waals surface area contributed by atoms with Crippen LogP contribution in [0.3, 0.4) is 0 Å². The van der Waals surface area contributed by atoms with E-state index < -0.39 is 0 Å². The summed E-state index contributed by atoms with van der Waals surface area (Å²) in [6.45, 7) is 4.79. The van der Waals surface area contributed by atoms with E-state index >= 15 is 0 Å². The van der Waals surface area contributed by atoms with Gasteiger partial charge >= 0.3 is 0 Å². The molecule has 0 aliphatic carbocycles. The molecular formula is C13H18NOY-. The zero-order valence-corrected chi connectivity index (χ0v) is 13.1. The summed E-state index contributed by atoms with van der Waals surface area (Å²) in [6.07, 6.45) is 3.05. The van der Waals surface area contributed by atoms with Crippen molar-refractivity contribution < 1.29 is 37.5 Å². The summed E-state index contributed by atoms with van der Waals surface area (Å²) < 4.78 is 0. The van der Waals surface area contributed by atoms with Gasteiger partial charge in [-0.05, 0) is 24.6 Å². The molecule has 85 valence electrons. The molecule has 0 fully saturated rings. The Balaban J connectivity index is 0.00000225. The predicted molar refractivity (Wildman–Crippen MR) is 62.4 cm³/mol. The molecule has 1 aromatic carbocycles. The molecule has 0 bridgehead atoms. The van der Waals surface area contributed by atoms with Crippen LogP contribution in [0.1, 0.15) is 25.0 Å². The molecule has 0 N–H and O–H groups in total. The number of nitrogens with zero attached hydrogens (tertiary/aromatic N) is 1. The molecule has 0 amide bonds. The average molecular weight is 293 g/mol. The fraction of sp³-hybridized carbons (Fsp3) is 0.462. The van der Waals surface area contributed by atoms with Gasteiger partial charge in [0.05, 0.1) is 0 Å². The molecule has 2 nitrogen and oxygen atoms in total. The van der Waals surface area contributed by atoms with Crippen LogP contribution in [0.5, 0.6) is 0 Å². The van der Waals surface area contributed by atoms with Crippen molar-refractivity contribution in [3.8, 4) is 0 Å². The number of hydrogen-bond acceptors (Lipinski definition) is 2. The second kappa shape index (κ2) is 8.10. The molecular weight excluding hydrogens is 275 g/mol. The van der Waals surface area contributed by atoms with Gasteiger partial charge in [-0.3, -0.25) is 0 Å². The first-order valence-corrected chi connectivity index (χ1v) is 5.33. The quantitative estimate of drug-likeness (QED) is 0.776. The minimum Gasteiger partial charge on any atom is -0.540 e. The van der Waals surface area contributed by atoms with Gasteiger partial charge in [0.25, 0.3) is 0 Å². The van der Waals surface area contributed by atoms with Crippen LogP contribution in [-0.2, 0) is 50.5 Å². The summed E-state index contributed by atoms with van der Waals surface area (Å²) in [6, 6.07) is 8.37. The van der Waals surface area contributed by atoms with Crippen molar-refractivity contribution in [1.29, 1.82) is 0 Å². The van der Waals surface area contributed by atoms with Crippen LogP contribution in [0, 0.1) is 0 Å². The van der Waals surface area contributed by atoms with Gasteiger partial charge < -0.3 is 9.69 Å². The third kappa shape index (κ3) is 4.86. The van der Waals surface area contributed by atoms with Crippen molar-refractivity contribution in [1.82, 2.24) is 4.90 Å². The van der Waals surface area contributed by atoms with Gasteiger partial charge in [0.2, 0.25) is 0 Å². The third-order valence-corrected chi connectivity index (χ3v) is 2.69. The molecule has 0 spiro atoms. The van der Waals surface area contributed by atoms with Crippen LogP contribution in [0.25, 0.3) is 0 Å². The maximum absolute atomic E-state index is 10.5. The summed E-state index contributed by atoms with van der Waals surface area (Å²) >= 11 is 0. The Bertz CT molecular complexity index is 310. The first-order chi connectivity index (χ1) is 7.17. The molecule has 1 aromatic rings. The topological polar surface area (TPSA) is 20.3 Å². The third-order valence-electron chi connectivity index (χ3n) is 2.69. The van der Waals surface area contributed by atoms with Crippen molar-refractivity contribution in [3.05, 3.63) is 35.4 Å². The van der Waals surface area contributed by atoms with Crippen molar-refractivity contribution >= 4 is 6.29 Å². The van der Waals surface area contributed by atoms with Crippen molar-refractivity contribution in [3.63, 3.8) is 0 Å². The van der Waals surface area contributed by atoms with Gasteiger partial charge in [-0.25, -0.2) is 6.29 Å². The number of aryl methyl sites for hydroxylation is 1. The van der Waals surface area contributed by atoms with E-state index in [0.29, 0.717) is 0 Å². The zero-order valence-electron chi connectivity index (χ0n) is 10.2. The molecule has 0 saturated heterocycles. The van der Waals surface area contributed by atoms with Crippen LogP contribution in [0.4, 0.5) is 0 Å². The SMILES string of the molecule is CCc1ccc(CN(C)C(C)[C-]=O)cc1.[Y]. The van der Waals surface area contributed by atoms with Crippen molar-refractivity contribution in [2.45, 2.75) is 32.9 Å². The Kier molecular flexibility index (Phi) is 8.08. The molecule has 0 aliphatic heterocycles. The van der Waals surface area contributed by atoms with Gasteiger partial charge in [0, 0.05) is 39.3 Å². The smallest absolute Gasteiger partial charge is 0.0207 e. The van der Waals surface area contributed by atoms with E-state index in [2.05, 4.69) is 31.2 Å². The van der Waals surface area contributed by atoms with Gasteiger partial charge in [-0.1, -0.05) is 44.2 Å². The Labute approximate surface area is 123 Å². The van der Waals surface area contributed by atoms with Gasteiger partial charge in [-0.2, -0.15) is 0 Å².